The standard InChI is InChI=1S/C16H24N4/c1-3-16(4-2,13-9-6-5-7-10-13)15-18-14(19-20-15)11-8-12-17/h5-7,9-10H,3-4,8,11-12,17H2,1-2H3,(H,18,19,20). The maximum absolute atomic E-state index is 5.55. The number of nitrogens with two attached hydrogens (primary N) is 1. The zero-order chi connectivity index (χ0) is 14.4. The van der Waals surface area contributed by atoms with Gasteiger partial charge in [0.2, 0.25) is 0 Å². The minimum absolute atomic E-state index is 0.0985. The monoisotopic (exact) mass is 272 g/mol. The molecule has 3 N–H and O–H groups in total. The Bertz CT molecular complexity index is 514. The summed E-state index contributed by atoms with van der Waals surface area (Å²) >= 11 is 0. The first-order valence-corrected chi connectivity index (χ1v) is 7.44. The Labute approximate surface area is 120 Å². The van der Waals surface area contributed by atoms with Crippen molar-refractivity contribution in [2.24, 2.45) is 5.73 Å². The summed E-state index contributed by atoms with van der Waals surface area (Å²) in [4.78, 5) is 4.72. The lowest BCUT2D eigenvalue weighted by Gasteiger charge is -2.29. The number of benzene rings is 1. The van der Waals surface area contributed by atoms with Crippen molar-refractivity contribution in [1.82, 2.24) is 15.2 Å². The van der Waals surface area contributed by atoms with Crippen molar-refractivity contribution in [1.29, 1.82) is 0 Å². The van der Waals surface area contributed by atoms with Gasteiger partial charge in [0, 0.05) is 6.42 Å². The van der Waals surface area contributed by atoms with Crippen molar-refractivity contribution in [3.63, 3.8) is 0 Å². The van der Waals surface area contributed by atoms with Gasteiger partial charge in [0.15, 0.2) is 5.82 Å². The van der Waals surface area contributed by atoms with Crippen molar-refractivity contribution in [2.75, 3.05) is 6.54 Å². The van der Waals surface area contributed by atoms with Crippen LogP contribution in [0.5, 0.6) is 0 Å². The summed E-state index contributed by atoms with van der Waals surface area (Å²) in [5, 5.41) is 7.55. The van der Waals surface area contributed by atoms with E-state index in [0.717, 1.165) is 37.3 Å². The molecule has 0 fully saturated rings. The van der Waals surface area contributed by atoms with Gasteiger partial charge in [-0.1, -0.05) is 44.2 Å². The Morgan fingerprint density at radius 1 is 1.15 bits per heavy atom. The molecule has 108 valence electrons. The number of H-pyrrole nitrogens is 1. The van der Waals surface area contributed by atoms with E-state index >= 15 is 0 Å². The van der Waals surface area contributed by atoms with Crippen LogP contribution in [0, 0.1) is 0 Å². The summed E-state index contributed by atoms with van der Waals surface area (Å²) in [6, 6.07) is 10.5. The van der Waals surface area contributed by atoms with Crippen LogP contribution in [0.3, 0.4) is 0 Å². The maximum Gasteiger partial charge on any atom is 0.161 e. The van der Waals surface area contributed by atoms with Crippen molar-refractivity contribution < 1.29 is 0 Å². The molecule has 0 atom stereocenters. The molecule has 0 aliphatic heterocycles. The minimum Gasteiger partial charge on any atom is -0.330 e. The van der Waals surface area contributed by atoms with Crippen LogP contribution in [0.4, 0.5) is 0 Å². The quantitative estimate of drug-likeness (QED) is 0.814. The summed E-state index contributed by atoms with van der Waals surface area (Å²) in [5.41, 5.74) is 6.74. The number of aromatic amines is 1. The van der Waals surface area contributed by atoms with E-state index in [-0.39, 0.29) is 5.41 Å². The van der Waals surface area contributed by atoms with Crippen LogP contribution in [0.15, 0.2) is 30.3 Å². The molecule has 1 aromatic heterocycles. The number of hydrogen-bond acceptors (Lipinski definition) is 3. The van der Waals surface area contributed by atoms with Crippen molar-refractivity contribution in [2.45, 2.75) is 44.9 Å². The molecule has 0 aliphatic rings. The first-order valence-electron chi connectivity index (χ1n) is 7.44. The molecule has 0 saturated carbocycles. The maximum atomic E-state index is 5.55. The molecular formula is C16H24N4. The van der Waals surface area contributed by atoms with E-state index in [1.807, 2.05) is 6.07 Å². The fraction of sp³-hybridized carbons (Fsp3) is 0.500. The Kier molecular flexibility index (Phi) is 4.90. The normalized spacial score (nSPS) is 11.8. The predicted octanol–water partition coefficient (Wildman–Crippen LogP) is 2.80. The lowest BCUT2D eigenvalue weighted by Crippen LogP contribution is -2.27. The molecule has 4 heteroatoms. The first-order chi connectivity index (χ1) is 9.76. The second kappa shape index (κ2) is 6.66. The first kappa shape index (κ1) is 14.7. The summed E-state index contributed by atoms with van der Waals surface area (Å²) < 4.78 is 0. The van der Waals surface area contributed by atoms with Gasteiger partial charge in [-0.25, -0.2) is 4.98 Å². The smallest absolute Gasteiger partial charge is 0.161 e. The van der Waals surface area contributed by atoms with Gasteiger partial charge in [-0.2, -0.15) is 5.10 Å². The molecule has 2 aromatic rings. The average molecular weight is 272 g/mol. The van der Waals surface area contributed by atoms with Crippen LogP contribution in [0.2, 0.25) is 0 Å². The molecule has 0 spiro atoms. The molecule has 0 amide bonds. The topological polar surface area (TPSA) is 67.6 Å². The molecule has 0 aliphatic carbocycles. The fourth-order valence-electron chi connectivity index (χ4n) is 2.75. The number of hydrogen-bond donors (Lipinski definition) is 2. The van der Waals surface area contributed by atoms with E-state index in [1.54, 1.807) is 0 Å². The third-order valence-electron chi connectivity index (χ3n) is 4.11. The molecule has 0 bridgehead atoms. The molecule has 2 rings (SSSR count). The lowest BCUT2D eigenvalue weighted by molar-refractivity contribution is 0.450. The number of aryl methyl sites for hydroxylation is 1. The van der Waals surface area contributed by atoms with Crippen LogP contribution in [0.1, 0.15) is 50.3 Å². The van der Waals surface area contributed by atoms with Gasteiger partial charge in [0.05, 0.1) is 5.41 Å². The van der Waals surface area contributed by atoms with Crippen LogP contribution in [-0.2, 0) is 11.8 Å². The largest absolute Gasteiger partial charge is 0.330 e. The van der Waals surface area contributed by atoms with Gasteiger partial charge < -0.3 is 5.73 Å². The van der Waals surface area contributed by atoms with E-state index in [1.165, 1.54) is 5.56 Å². The summed E-state index contributed by atoms with van der Waals surface area (Å²) in [5.74, 6) is 1.84. The van der Waals surface area contributed by atoms with E-state index in [2.05, 4.69) is 48.3 Å². The number of rotatable bonds is 7. The van der Waals surface area contributed by atoms with Gasteiger partial charge in [-0.05, 0) is 31.4 Å². The molecular weight excluding hydrogens is 248 g/mol. The number of nitrogens with zero attached hydrogens (tertiary/aromatic N) is 2. The van der Waals surface area contributed by atoms with Crippen molar-refractivity contribution >= 4 is 0 Å². The molecule has 0 saturated heterocycles. The van der Waals surface area contributed by atoms with Gasteiger partial charge in [-0.3, -0.25) is 5.10 Å². The number of aromatic nitrogens is 3. The van der Waals surface area contributed by atoms with Crippen LogP contribution in [-0.4, -0.2) is 21.7 Å². The van der Waals surface area contributed by atoms with Crippen LogP contribution < -0.4 is 5.73 Å². The second-order valence-electron chi connectivity index (χ2n) is 5.15. The van der Waals surface area contributed by atoms with E-state index in [9.17, 15) is 0 Å². The van der Waals surface area contributed by atoms with E-state index in [0.29, 0.717) is 6.54 Å². The lowest BCUT2D eigenvalue weighted by atomic mass is 9.75. The third kappa shape index (κ3) is 2.75. The molecule has 4 nitrogen and oxygen atoms in total. The van der Waals surface area contributed by atoms with Gasteiger partial charge >= 0.3 is 0 Å². The average Bonchev–Trinajstić information content (AvgIpc) is 2.97. The summed E-state index contributed by atoms with van der Waals surface area (Å²) in [6.07, 6.45) is 3.77. The van der Waals surface area contributed by atoms with Crippen molar-refractivity contribution in [3.8, 4) is 0 Å². The fourth-order valence-corrected chi connectivity index (χ4v) is 2.75. The third-order valence-corrected chi connectivity index (χ3v) is 4.11. The SMILES string of the molecule is CCC(CC)(c1ccccc1)c1n[nH]c(CCCN)n1. The Morgan fingerprint density at radius 3 is 2.45 bits per heavy atom. The van der Waals surface area contributed by atoms with E-state index < -0.39 is 0 Å². The Morgan fingerprint density at radius 2 is 1.85 bits per heavy atom. The van der Waals surface area contributed by atoms with Crippen molar-refractivity contribution in [3.05, 3.63) is 47.5 Å². The highest BCUT2D eigenvalue weighted by Gasteiger charge is 2.34. The molecule has 0 unspecified atom stereocenters. The zero-order valence-corrected chi connectivity index (χ0v) is 12.4. The summed E-state index contributed by atoms with van der Waals surface area (Å²) in [6.45, 7) is 5.08. The molecule has 0 radical (unpaired) electrons. The Hall–Kier alpha value is -1.68. The molecule has 1 aromatic carbocycles. The molecule has 20 heavy (non-hydrogen) atoms. The highest BCUT2D eigenvalue weighted by molar-refractivity contribution is 5.32. The minimum atomic E-state index is -0.0985. The van der Waals surface area contributed by atoms with Gasteiger partial charge in [0.1, 0.15) is 5.82 Å². The Balaban J connectivity index is 2.35. The highest BCUT2D eigenvalue weighted by atomic mass is 15.2. The molecule has 1 heterocycles. The van der Waals surface area contributed by atoms with Gasteiger partial charge in [0.25, 0.3) is 0 Å². The highest BCUT2D eigenvalue weighted by Crippen LogP contribution is 2.36. The zero-order valence-electron chi connectivity index (χ0n) is 12.4. The predicted molar refractivity (Wildman–Crippen MR) is 81.6 cm³/mol. The van der Waals surface area contributed by atoms with E-state index in [4.69, 9.17) is 10.7 Å². The van der Waals surface area contributed by atoms with Crippen LogP contribution in [0.25, 0.3) is 0 Å². The summed E-state index contributed by atoms with van der Waals surface area (Å²) in [7, 11) is 0. The second-order valence-corrected chi connectivity index (χ2v) is 5.15. The number of nitrogens with one attached hydrogen (secondary N) is 1. The van der Waals surface area contributed by atoms with Crippen LogP contribution >= 0.6 is 0 Å². The van der Waals surface area contributed by atoms with Gasteiger partial charge in [-0.15, -0.1) is 0 Å².